The summed E-state index contributed by atoms with van der Waals surface area (Å²) in [4.78, 5) is 13.2. The Morgan fingerprint density at radius 1 is 0.967 bits per heavy atom. The summed E-state index contributed by atoms with van der Waals surface area (Å²) >= 11 is 0. The first-order valence-corrected chi connectivity index (χ1v) is 10.2. The van der Waals surface area contributed by atoms with Crippen molar-refractivity contribution in [3.05, 3.63) is 60.6 Å². The molecule has 0 aliphatic heterocycles. The van der Waals surface area contributed by atoms with Gasteiger partial charge in [0.15, 0.2) is 0 Å². The molecule has 0 aliphatic rings. The topological polar surface area (TPSA) is 84.0 Å². The van der Waals surface area contributed by atoms with E-state index in [-0.39, 0.29) is 5.92 Å². The van der Waals surface area contributed by atoms with Crippen molar-refractivity contribution in [3.63, 3.8) is 0 Å². The summed E-state index contributed by atoms with van der Waals surface area (Å²) in [5, 5.41) is 9.87. The third kappa shape index (κ3) is 5.90. The molecular formula is C23H30N6O. The van der Waals surface area contributed by atoms with Crippen molar-refractivity contribution >= 4 is 11.6 Å². The van der Waals surface area contributed by atoms with Crippen LogP contribution in [-0.4, -0.2) is 48.7 Å². The Kier molecular flexibility index (Phi) is 7.97. The third-order valence-corrected chi connectivity index (χ3v) is 4.90. The van der Waals surface area contributed by atoms with Gasteiger partial charge in [-0.25, -0.2) is 15.0 Å². The molecular weight excluding hydrogens is 376 g/mol. The van der Waals surface area contributed by atoms with Gasteiger partial charge in [0.1, 0.15) is 23.7 Å². The summed E-state index contributed by atoms with van der Waals surface area (Å²) in [5.41, 5.74) is 2.97. The molecule has 0 fully saturated rings. The second kappa shape index (κ2) is 11.1. The predicted octanol–water partition coefficient (Wildman–Crippen LogP) is 3.78. The minimum Gasteiger partial charge on any atom is -0.496 e. The van der Waals surface area contributed by atoms with Crippen LogP contribution in [0.4, 0.5) is 11.6 Å². The number of hydrogen-bond donors (Lipinski definition) is 3. The molecule has 0 unspecified atom stereocenters. The minimum absolute atomic E-state index is 0.273. The van der Waals surface area contributed by atoms with Gasteiger partial charge in [0.2, 0.25) is 0 Å². The lowest BCUT2D eigenvalue weighted by atomic mass is 10.00. The maximum atomic E-state index is 5.47. The Balaban J connectivity index is 1.60. The molecule has 1 aromatic carbocycles. The van der Waals surface area contributed by atoms with Gasteiger partial charge in [0, 0.05) is 36.8 Å². The highest BCUT2D eigenvalue weighted by Crippen LogP contribution is 2.26. The molecule has 0 amide bonds. The number of nitrogens with one attached hydrogen (secondary N) is 3. The molecule has 3 N–H and O–H groups in total. The number of benzene rings is 1. The van der Waals surface area contributed by atoms with Crippen LogP contribution >= 0.6 is 0 Å². The second-order valence-corrected chi connectivity index (χ2v) is 7.13. The largest absolute Gasteiger partial charge is 0.496 e. The number of hydrogen-bond acceptors (Lipinski definition) is 7. The Morgan fingerprint density at radius 3 is 2.60 bits per heavy atom. The zero-order valence-corrected chi connectivity index (χ0v) is 17.9. The van der Waals surface area contributed by atoms with E-state index in [1.54, 1.807) is 13.4 Å². The van der Waals surface area contributed by atoms with Gasteiger partial charge < -0.3 is 20.7 Å². The highest BCUT2D eigenvalue weighted by atomic mass is 16.5. The molecule has 2 aromatic heterocycles. The molecule has 3 aromatic rings. The highest BCUT2D eigenvalue weighted by Gasteiger charge is 2.11. The molecule has 7 heteroatoms. The van der Waals surface area contributed by atoms with Crippen LogP contribution in [0.15, 0.2) is 55.0 Å². The fourth-order valence-electron chi connectivity index (χ4n) is 3.18. The van der Waals surface area contributed by atoms with Gasteiger partial charge in [-0.3, -0.25) is 0 Å². The molecule has 0 radical (unpaired) electrons. The van der Waals surface area contributed by atoms with Crippen molar-refractivity contribution in [1.82, 2.24) is 20.3 Å². The second-order valence-electron chi connectivity index (χ2n) is 7.13. The van der Waals surface area contributed by atoms with E-state index in [1.807, 2.05) is 49.6 Å². The number of para-hydroxylation sites is 1. The van der Waals surface area contributed by atoms with E-state index in [9.17, 15) is 0 Å². The van der Waals surface area contributed by atoms with E-state index >= 15 is 0 Å². The molecule has 1 atom stereocenters. The van der Waals surface area contributed by atoms with E-state index in [4.69, 9.17) is 4.74 Å². The first kappa shape index (κ1) is 21.5. The summed E-state index contributed by atoms with van der Waals surface area (Å²) < 4.78 is 5.47. The molecule has 7 nitrogen and oxygen atoms in total. The average Bonchev–Trinajstić information content (AvgIpc) is 2.81. The third-order valence-electron chi connectivity index (χ3n) is 4.90. The molecule has 3 rings (SSSR count). The van der Waals surface area contributed by atoms with Crippen LogP contribution in [-0.2, 0) is 0 Å². The van der Waals surface area contributed by atoms with Gasteiger partial charge in [-0.2, -0.15) is 0 Å². The fraction of sp³-hybridized carbons (Fsp3) is 0.348. The van der Waals surface area contributed by atoms with Gasteiger partial charge in [0.05, 0.1) is 12.8 Å². The van der Waals surface area contributed by atoms with Crippen LogP contribution in [0.5, 0.6) is 5.75 Å². The van der Waals surface area contributed by atoms with Gasteiger partial charge in [0.25, 0.3) is 0 Å². The number of rotatable bonds is 11. The summed E-state index contributed by atoms with van der Waals surface area (Å²) in [6, 6.07) is 14.0. The standard InChI is InChI=1S/C23H30N6O/c1-17(19-7-4-5-8-21(19)30-3)14-26-23-13-20(28-16-29-23)18-9-10-22(27-15-18)25-12-6-11-24-2/h4-5,7-10,13,15-17,24H,6,11-12,14H2,1-3H3,(H,25,27)(H,26,28,29)/t17-/m1/s1. The molecule has 30 heavy (non-hydrogen) atoms. The van der Waals surface area contributed by atoms with Crippen LogP contribution in [0.1, 0.15) is 24.8 Å². The number of pyridine rings is 1. The van der Waals surface area contributed by atoms with Crippen molar-refractivity contribution in [1.29, 1.82) is 0 Å². The Morgan fingerprint density at radius 2 is 1.83 bits per heavy atom. The first-order valence-electron chi connectivity index (χ1n) is 10.2. The lowest BCUT2D eigenvalue weighted by Crippen LogP contribution is -2.13. The summed E-state index contributed by atoms with van der Waals surface area (Å²) in [6.07, 6.45) is 4.47. The molecule has 0 saturated heterocycles. The Hall–Kier alpha value is -3.19. The number of methoxy groups -OCH3 is 1. The first-order chi connectivity index (χ1) is 14.7. The smallest absolute Gasteiger partial charge is 0.129 e. The molecule has 158 valence electrons. The van der Waals surface area contributed by atoms with Crippen LogP contribution in [0.3, 0.4) is 0 Å². The lowest BCUT2D eigenvalue weighted by molar-refractivity contribution is 0.407. The fourth-order valence-corrected chi connectivity index (χ4v) is 3.18. The molecule has 0 saturated carbocycles. The van der Waals surface area contributed by atoms with Gasteiger partial charge in [-0.15, -0.1) is 0 Å². The number of anilines is 2. The van der Waals surface area contributed by atoms with Gasteiger partial charge in [-0.1, -0.05) is 25.1 Å². The van der Waals surface area contributed by atoms with Crippen molar-refractivity contribution in [2.24, 2.45) is 0 Å². The predicted molar refractivity (Wildman–Crippen MR) is 122 cm³/mol. The van der Waals surface area contributed by atoms with Crippen LogP contribution in [0.25, 0.3) is 11.3 Å². The number of ether oxygens (including phenoxy) is 1. The summed E-state index contributed by atoms with van der Waals surface area (Å²) in [5.74, 6) is 2.83. The quantitative estimate of drug-likeness (QED) is 0.418. The van der Waals surface area contributed by atoms with Crippen molar-refractivity contribution in [2.45, 2.75) is 19.3 Å². The summed E-state index contributed by atoms with van der Waals surface area (Å²) in [6.45, 7) is 4.78. The summed E-state index contributed by atoms with van der Waals surface area (Å²) in [7, 11) is 3.66. The van der Waals surface area contributed by atoms with Crippen molar-refractivity contribution in [3.8, 4) is 17.0 Å². The average molecular weight is 407 g/mol. The highest BCUT2D eigenvalue weighted by molar-refractivity contribution is 5.62. The zero-order chi connectivity index (χ0) is 21.2. The molecule has 0 aliphatic carbocycles. The monoisotopic (exact) mass is 406 g/mol. The van der Waals surface area contributed by atoms with Crippen LogP contribution in [0.2, 0.25) is 0 Å². The van der Waals surface area contributed by atoms with Gasteiger partial charge >= 0.3 is 0 Å². The number of aromatic nitrogens is 3. The molecule has 0 bridgehead atoms. The number of nitrogens with zero attached hydrogens (tertiary/aromatic N) is 3. The van der Waals surface area contributed by atoms with E-state index < -0.39 is 0 Å². The SMILES string of the molecule is CNCCCNc1ccc(-c2cc(NC[C@@H](C)c3ccccc3OC)ncn2)cn1. The van der Waals surface area contributed by atoms with Crippen molar-refractivity contribution < 1.29 is 4.74 Å². The van der Waals surface area contributed by atoms with Gasteiger partial charge in [-0.05, 0) is 43.8 Å². The molecule has 2 heterocycles. The van der Waals surface area contributed by atoms with E-state index in [2.05, 4.69) is 43.9 Å². The maximum Gasteiger partial charge on any atom is 0.129 e. The maximum absolute atomic E-state index is 5.47. The lowest BCUT2D eigenvalue weighted by Gasteiger charge is -2.16. The Labute approximate surface area is 178 Å². The van der Waals surface area contributed by atoms with E-state index in [0.29, 0.717) is 0 Å². The molecule has 0 spiro atoms. The van der Waals surface area contributed by atoms with E-state index in [0.717, 1.165) is 54.7 Å². The van der Waals surface area contributed by atoms with Crippen LogP contribution in [0, 0.1) is 0 Å². The van der Waals surface area contributed by atoms with Crippen molar-refractivity contribution in [2.75, 3.05) is 44.4 Å². The normalized spacial score (nSPS) is 11.7. The Bertz CT molecular complexity index is 916. The van der Waals surface area contributed by atoms with E-state index in [1.165, 1.54) is 5.56 Å². The zero-order valence-electron chi connectivity index (χ0n) is 17.9. The minimum atomic E-state index is 0.273. The van der Waals surface area contributed by atoms with Crippen LogP contribution < -0.4 is 20.7 Å².